The number of carbonyl (C=O) groups is 1. The number of anilines is 1. The number of methoxy groups -OCH3 is 2. The van der Waals surface area contributed by atoms with E-state index in [-0.39, 0.29) is 6.01 Å². The predicted molar refractivity (Wildman–Crippen MR) is 75.2 cm³/mol. The lowest BCUT2D eigenvalue weighted by molar-refractivity contribution is 0.198. The quantitative estimate of drug-likeness (QED) is 0.783. The molecule has 2 N–H and O–H groups in total. The van der Waals surface area contributed by atoms with Crippen molar-refractivity contribution in [3.8, 4) is 17.2 Å². The molecular formula is C13H16N4O4. The van der Waals surface area contributed by atoms with Crippen LogP contribution in [0.25, 0.3) is 11.5 Å². The van der Waals surface area contributed by atoms with E-state index in [0.717, 1.165) is 0 Å². The van der Waals surface area contributed by atoms with Crippen molar-refractivity contribution in [3.63, 3.8) is 0 Å². The lowest BCUT2D eigenvalue weighted by Gasteiger charge is -2.03. The largest absolute Gasteiger partial charge is 0.497 e. The van der Waals surface area contributed by atoms with E-state index < -0.39 is 6.03 Å². The van der Waals surface area contributed by atoms with E-state index in [1.807, 2.05) is 12.1 Å². The van der Waals surface area contributed by atoms with Gasteiger partial charge in [0.2, 0.25) is 5.89 Å². The lowest BCUT2D eigenvalue weighted by Crippen LogP contribution is -2.31. The van der Waals surface area contributed by atoms with Gasteiger partial charge in [0, 0.05) is 19.2 Å². The molecule has 2 amide bonds. The van der Waals surface area contributed by atoms with Crippen LogP contribution in [0, 0.1) is 0 Å². The molecule has 0 spiro atoms. The molecule has 21 heavy (non-hydrogen) atoms. The molecule has 0 atom stereocenters. The Morgan fingerprint density at radius 3 is 2.95 bits per heavy atom. The molecule has 1 heterocycles. The molecule has 112 valence electrons. The normalized spacial score (nSPS) is 10.2. The number of rotatable bonds is 6. The van der Waals surface area contributed by atoms with Crippen LogP contribution in [0.3, 0.4) is 0 Å². The van der Waals surface area contributed by atoms with Gasteiger partial charge in [-0.15, -0.1) is 5.10 Å². The average molecular weight is 292 g/mol. The molecule has 0 aliphatic carbocycles. The number of amides is 2. The molecule has 0 aliphatic rings. The van der Waals surface area contributed by atoms with Gasteiger partial charge in [0.05, 0.1) is 13.7 Å². The summed E-state index contributed by atoms with van der Waals surface area (Å²) < 4.78 is 15.3. The monoisotopic (exact) mass is 292 g/mol. The van der Waals surface area contributed by atoms with E-state index in [9.17, 15) is 4.79 Å². The maximum Gasteiger partial charge on any atom is 0.324 e. The topological polar surface area (TPSA) is 98.5 Å². The summed E-state index contributed by atoms with van der Waals surface area (Å²) in [4.78, 5) is 11.5. The zero-order chi connectivity index (χ0) is 15.1. The number of benzene rings is 1. The number of carbonyl (C=O) groups excluding carboxylic acids is 1. The number of hydrogen-bond acceptors (Lipinski definition) is 6. The van der Waals surface area contributed by atoms with Gasteiger partial charge in [-0.05, 0) is 18.2 Å². The first-order chi connectivity index (χ1) is 10.2. The van der Waals surface area contributed by atoms with E-state index in [1.54, 1.807) is 26.4 Å². The Kier molecular flexibility index (Phi) is 5.10. The Labute approximate surface area is 121 Å². The number of hydrogen-bond donors (Lipinski definition) is 2. The van der Waals surface area contributed by atoms with Gasteiger partial charge < -0.3 is 19.2 Å². The van der Waals surface area contributed by atoms with E-state index in [0.29, 0.717) is 30.4 Å². The Bertz CT molecular complexity index is 599. The smallest absolute Gasteiger partial charge is 0.324 e. The van der Waals surface area contributed by atoms with Crippen molar-refractivity contribution in [2.24, 2.45) is 0 Å². The van der Waals surface area contributed by atoms with Gasteiger partial charge in [0.1, 0.15) is 5.75 Å². The van der Waals surface area contributed by atoms with Crippen molar-refractivity contribution < 1.29 is 18.7 Å². The molecule has 1 aromatic carbocycles. The van der Waals surface area contributed by atoms with Crippen LogP contribution in [0.2, 0.25) is 0 Å². The van der Waals surface area contributed by atoms with Crippen LogP contribution in [0.15, 0.2) is 28.7 Å². The second-order valence-electron chi connectivity index (χ2n) is 4.02. The molecule has 2 rings (SSSR count). The number of aromatic nitrogens is 2. The molecule has 0 unspecified atom stereocenters. The highest BCUT2D eigenvalue weighted by molar-refractivity contribution is 5.86. The summed E-state index contributed by atoms with van der Waals surface area (Å²) in [5.74, 6) is 0.971. The highest BCUT2D eigenvalue weighted by atomic mass is 16.5. The van der Waals surface area contributed by atoms with E-state index >= 15 is 0 Å². The van der Waals surface area contributed by atoms with Crippen molar-refractivity contribution in [2.45, 2.75) is 0 Å². The molecule has 0 aliphatic heterocycles. The van der Waals surface area contributed by atoms with Crippen LogP contribution in [0.1, 0.15) is 0 Å². The first kappa shape index (κ1) is 14.8. The summed E-state index contributed by atoms with van der Waals surface area (Å²) in [5, 5.41) is 12.6. The minimum atomic E-state index is -0.437. The maximum atomic E-state index is 11.5. The number of ether oxygens (including phenoxy) is 2. The van der Waals surface area contributed by atoms with Gasteiger partial charge in [0.25, 0.3) is 0 Å². The van der Waals surface area contributed by atoms with Gasteiger partial charge in [-0.2, -0.15) is 0 Å². The van der Waals surface area contributed by atoms with Crippen LogP contribution < -0.4 is 15.4 Å². The first-order valence-electron chi connectivity index (χ1n) is 6.24. The molecular weight excluding hydrogens is 276 g/mol. The Balaban J connectivity index is 1.99. The van der Waals surface area contributed by atoms with Crippen LogP contribution in [0.5, 0.6) is 5.75 Å². The molecule has 0 saturated carbocycles. The highest BCUT2D eigenvalue weighted by Gasteiger charge is 2.11. The van der Waals surface area contributed by atoms with Gasteiger partial charge in [-0.25, -0.2) is 4.79 Å². The van der Waals surface area contributed by atoms with Crippen LogP contribution >= 0.6 is 0 Å². The van der Waals surface area contributed by atoms with E-state index in [1.165, 1.54) is 0 Å². The fraction of sp³-hybridized carbons (Fsp3) is 0.308. The van der Waals surface area contributed by atoms with Crippen LogP contribution in [-0.2, 0) is 4.74 Å². The van der Waals surface area contributed by atoms with Crippen LogP contribution in [-0.4, -0.2) is 43.6 Å². The summed E-state index contributed by atoms with van der Waals surface area (Å²) in [6.45, 7) is 0.811. The number of nitrogens with zero attached hydrogens (tertiary/aromatic N) is 2. The molecule has 2 aromatic rings. The molecule has 0 radical (unpaired) electrons. The standard InChI is InChI=1S/C13H16N4O4/c1-19-7-6-14-12(18)15-13-17-16-11(21-13)9-4-3-5-10(8-9)20-2/h3-5,8H,6-7H2,1-2H3,(H2,14,15,17,18). The third-order valence-electron chi connectivity index (χ3n) is 2.55. The highest BCUT2D eigenvalue weighted by Crippen LogP contribution is 2.23. The van der Waals surface area contributed by atoms with Crippen molar-refractivity contribution in [2.75, 3.05) is 32.7 Å². The second-order valence-corrected chi connectivity index (χ2v) is 4.02. The average Bonchev–Trinajstić information content (AvgIpc) is 2.96. The minimum absolute atomic E-state index is 0.0164. The molecule has 0 fully saturated rings. The number of nitrogens with one attached hydrogen (secondary N) is 2. The minimum Gasteiger partial charge on any atom is -0.497 e. The van der Waals surface area contributed by atoms with Crippen LogP contribution in [0.4, 0.5) is 10.8 Å². The van der Waals surface area contributed by atoms with Crippen molar-refractivity contribution in [1.29, 1.82) is 0 Å². The fourth-order valence-corrected chi connectivity index (χ4v) is 1.55. The van der Waals surface area contributed by atoms with E-state index in [4.69, 9.17) is 13.9 Å². The lowest BCUT2D eigenvalue weighted by atomic mass is 10.2. The Morgan fingerprint density at radius 1 is 1.33 bits per heavy atom. The zero-order valence-electron chi connectivity index (χ0n) is 11.8. The molecule has 0 saturated heterocycles. The Morgan fingerprint density at radius 2 is 2.19 bits per heavy atom. The van der Waals surface area contributed by atoms with Gasteiger partial charge in [-0.3, -0.25) is 5.32 Å². The van der Waals surface area contributed by atoms with Gasteiger partial charge in [0.15, 0.2) is 0 Å². The maximum absolute atomic E-state index is 11.5. The molecule has 8 nitrogen and oxygen atoms in total. The predicted octanol–water partition coefficient (Wildman–Crippen LogP) is 1.51. The van der Waals surface area contributed by atoms with Crippen molar-refractivity contribution >= 4 is 12.0 Å². The fourth-order valence-electron chi connectivity index (χ4n) is 1.55. The summed E-state index contributed by atoms with van der Waals surface area (Å²) in [6, 6.07) is 6.76. The first-order valence-corrected chi connectivity index (χ1v) is 6.24. The van der Waals surface area contributed by atoms with Crippen molar-refractivity contribution in [1.82, 2.24) is 15.5 Å². The summed E-state index contributed by atoms with van der Waals surface area (Å²) >= 11 is 0. The summed E-state index contributed by atoms with van der Waals surface area (Å²) in [6.07, 6.45) is 0. The Hall–Kier alpha value is -2.61. The van der Waals surface area contributed by atoms with Crippen molar-refractivity contribution in [3.05, 3.63) is 24.3 Å². The summed E-state index contributed by atoms with van der Waals surface area (Å²) in [7, 11) is 3.13. The van der Waals surface area contributed by atoms with Gasteiger partial charge >= 0.3 is 12.0 Å². The van der Waals surface area contributed by atoms with Gasteiger partial charge in [-0.1, -0.05) is 11.2 Å². The molecule has 0 bridgehead atoms. The SMILES string of the molecule is COCCNC(=O)Nc1nnc(-c2cccc(OC)c2)o1. The third-order valence-corrected chi connectivity index (χ3v) is 2.55. The number of urea groups is 1. The summed E-state index contributed by atoms with van der Waals surface area (Å²) in [5.41, 5.74) is 0.703. The third kappa shape index (κ3) is 4.18. The van der Waals surface area contributed by atoms with E-state index in [2.05, 4.69) is 20.8 Å². The molecule has 8 heteroatoms. The zero-order valence-corrected chi connectivity index (χ0v) is 11.8. The second kappa shape index (κ2) is 7.25. The molecule has 1 aromatic heterocycles.